The second kappa shape index (κ2) is 10.5. The first-order valence-electron chi connectivity index (χ1n) is 10.1. The third-order valence-electron chi connectivity index (χ3n) is 4.91. The molecule has 2 aromatic carbocycles. The van der Waals surface area contributed by atoms with Crippen molar-refractivity contribution < 1.29 is 4.79 Å². The number of benzene rings is 2. The van der Waals surface area contributed by atoms with Gasteiger partial charge in [0.1, 0.15) is 6.33 Å². The van der Waals surface area contributed by atoms with Gasteiger partial charge >= 0.3 is 0 Å². The third-order valence-corrected chi connectivity index (χ3v) is 4.91. The monoisotopic (exact) mass is 391 g/mol. The molecular weight excluding hydrogens is 362 g/mol. The van der Waals surface area contributed by atoms with Gasteiger partial charge in [-0.25, -0.2) is 4.98 Å². The van der Waals surface area contributed by atoms with E-state index in [9.17, 15) is 4.79 Å². The molecule has 0 fully saturated rings. The molecule has 6 heteroatoms. The van der Waals surface area contributed by atoms with Crippen LogP contribution in [0.5, 0.6) is 0 Å². The molecule has 0 saturated heterocycles. The number of amides is 1. The van der Waals surface area contributed by atoms with Crippen LogP contribution < -0.4 is 10.6 Å². The second-order valence-corrected chi connectivity index (χ2v) is 7.28. The highest BCUT2D eigenvalue weighted by Crippen LogP contribution is 2.14. The number of carbonyl (C=O) groups excluding carboxylic acids is 1. The lowest BCUT2D eigenvalue weighted by molar-refractivity contribution is 0.101. The smallest absolute Gasteiger partial charge is 0.295 e. The van der Waals surface area contributed by atoms with Crippen molar-refractivity contribution in [1.82, 2.24) is 20.1 Å². The molecule has 1 heterocycles. The Hall–Kier alpha value is -2.99. The Bertz CT molecular complexity index is 920. The Morgan fingerprint density at radius 2 is 1.79 bits per heavy atom. The first kappa shape index (κ1) is 20.7. The van der Waals surface area contributed by atoms with E-state index in [-0.39, 0.29) is 11.7 Å². The molecule has 29 heavy (non-hydrogen) atoms. The van der Waals surface area contributed by atoms with Gasteiger partial charge < -0.3 is 10.6 Å². The van der Waals surface area contributed by atoms with Crippen molar-refractivity contribution in [1.29, 1.82) is 0 Å². The van der Waals surface area contributed by atoms with Gasteiger partial charge in [0, 0.05) is 12.2 Å². The second-order valence-electron chi connectivity index (χ2n) is 7.28. The number of anilines is 1. The van der Waals surface area contributed by atoms with Gasteiger partial charge in [0.2, 0.25) is 5.82 Å². The minimum Gasteiger partial charge on any atom is -0.319 e. The summed E-state index contributed by atoms with van der Waals surface area (Å²) in [6.07, 6.45) is 4.77. The van der Waals surface area contributed by atoms with Gasteiger partial charge in [-0.2, -0.15) is 0 Å². The molecule has 0 radical (unpaired) electrons. The lowest BCUT2D eigenvalue weighted by Gasteiger charge is -2.06. The minimum absolute atomic E-state index is 0.194. The van der Waals surface area contributed by atoms with Gasteiger partial charge in [-0.3, -0.25) is 9.48 Å². The van der Waals surface area contributed by atoms with E-state index in [0.717, 1.165) is 50.1 Å². The fourth-order valence-electron chi connectivity index (χ4n) is 3.07. The van der Waals surface area contributed by atoms with Gasteiger partial charge in [-0.15, -0.1) is 5.10 Å². The molecule has 0 bridgehead atoms. The van der Waals surface area contributed by atoms with E-state index < -0.39 is 0 Å². The fraction of sp³-hybridized carbons (Fsp3) is 0.348. The zero-order chi connectivity index (χ0) is 20.5. The van der Waals surface area contributed by atoms with Crippen LogP contribution in [0.1, 0.15) is 40.2 Å². The summed E-state index contributed by atoms with van der Waals surface area (Å²) < 4.78 is 1.72. The van der Waals surface area contributed by atoms with Crippen molar-refractivity contribution in [2.75, 3.05) is 18.4 Å². The predicted molar refractivity (Wildman–Crippen MR) is 116 cm³/mol. The fourth-order valence-corrected chi connectivity index (χ4v) is 3.07. The summed E-state index contributed by atoms with van der Waals surface area (Å²) in [5.41, 5.74) is 4.47. The average molecular weight is 392 g/mol. The van der Waals surface area contributed by atoms with Crippen LogP contribution in [-0.2, 0) is 13.0 Å². The van der Waals surface area contributed by atoms with E-state index in [1.165, 1.54) is 11.1 Å². The number of nitrogens with zero attached hydrogens (tertiary/aromatic N) is 3. The normalized spacial score (nSPS) is 10.8. The van der Waals surface area contributed by atoms with E-state index in [4.69, 9.17) is 0 Å². The van der Waals surface area contributed by atoms with Gasteiger partial charge in [0.15, 0.2) is 0 Å². The van der Waals surface area contributed by atoms with Crippen molar-refractivity contribution >= 4 is 11.6 Å². The summed E-state index contributed by atoms with van der Waals surface area (Å²) in [7, 11) is 0. The number of nitrogens with one attached hydrogen (secondary N) is 2. The van der Waals surface area contributed by atoms with Gasteiger partial charge in [-0.1, -0.05) is 36.4 Å². The first-order valence-corrected chi connectivity index (χ1v) is 10.1. The number of rotatable bonds is 10. The van der Waals surface area contributed by atoms with Crippen molar-refractivity contribution in [3.05, 3.63) is 77.4 Å². The van der Waals surface area contributed by atoms with Crippen LogP contribution >= 0.6 is 0 Å². The van der Waals surface area contributed by atoms with E-state index >= 15 is 0 Å². The summed E-state index contributed by atoms with van der Waals surface area (Å²) in [5, 5.41) is 10.6. The largest absolute Gasteiger partial charge is 0.319 e. The maximum absolute atomic E-state index is 12.3. The average Bonchev–Trinajstić information content (AvgIpc) is 3.20. The summed E-state index contributed by atoms with van der Waals surface area (Å²) in [6, 6.07) is 16.4. The number of carbonyl (C=O) groups is 1. The van der Waals surface area contributed by atoms with Gasteiger partial charge in [-0.05, 0) is 75.0 Å². The maximum atomic E-state index is 12.3. The van der Waals surface area contributed by atoms with Crippen LogP contribution in [0, 0.1) is 13.8 Å². The van der Waals surface area contributed by atoms with E-state index in [2.05, 4.69) is 45.0 Å². The molecule has 1 amide bonds. The molecule has 0 aliphatic rings. The number of hydrogen-bond donors (Lipinski definition) is 2. The van der Waals surface area contributed by atoms with E-state index in [1.54, 1.807) is 11.0 Å². The van der Waals surface area contributed by atoms with Crippen LogP contribution in [0.15, 0.2) is 54.9 Å². The van der Waals surface area contributed by atoms with Crippen LogP contribution in [-0.4, -0.2) is 33.8 Å². The van der Waals surface area contributed by atoms with Gasteiger partial charge in [0.25, 0.3) is 5.91 Å². The van der Waals surface area contributed by atoms with Gasteiger partial charge in [0.05, 0.1) is 0 Å². The Morgan fingerprint density at radius 3 is 2.59 bits per heavy atom. The van der Waals surface area contributed by atoms with Crippen molar-refractivity contribution in [3.63, 3.8) is 0 Å². The summed E-state index contributed by atoms with van der Waals surface area (Å²) in [6.45, 7) is 6.71. The Morgan fingerprint density at radius 1 is 1.00 bits per heavy atom. The molecule has 3 rings (SSSR count). The van der Waals surface area contributed by atoms with Crippen LogP contribution in [0.25, 0.3) is 0 Å². The summed E-state index contributed by atoms with van der Waals surface area (Å²) in [5.74, 6) is -0.0925. The number of aryl methyl sites for hydroxylation is 4. The Labute approximate surface area is 172 Å². The SMILES string of the molecule is Cc1ccc(NC(=O)c2ncn(CCCNCCCc3ccccc3)n2)cc1C. The molecule has 1 aromatic heterocycles. The van der Waals surface area contributed by atoms with Crippen molar-refractivity contribution in [2.24, 2.45) is 0 Å². The van der Waals surface area contributed by atoms with Crippen LogP contribution in [0.4, 0.5) is 5.69 Å². The zero-order valence-electron chi connectivity index (χ0n) is 17.2. The summed E-state index contributed by atoms with van der Waals surface area (Å²) >= 11 is 0. The molecule has 2 N–H and O–H groups in total. The van der Waals surface area contributed by atoms with Crippen LogP contribution in [0.3, 0.4) is 0 Å². The molecule has 6 nitrogen and oxygen atoms in total. The lowest BCUT2D eigenvalue weighted by Crippen LogP contribution is -2.19. The highest BCUT2D eigenvalue weighted by atomic mass is 16.2. The molecule has 0 aliphatic carbocycles. The number of aromatic nitrogens is 3. The Balaban J connectivity index is 1.34. The molecule has 0 atom stereocenters. The molecule has 0 spiro atoms. The number of hydrogen-bond acceptors (Lipinski definition) is 4. The zero-order valence-corrected chi connectivity index (χ0v) is 17.2. The quantitative estimate of drug-likeness (QED) is 0.516. The molecule has 0 unspecified atom stereocenters. The highest BCUT2D eigenvalue weighted by Gasteiger charge is 2.12. The highest BCUT2D eigenvalue weighted by molar-refractivity contribution is 6.01. The van der Waals surface area contributed by atoms with E-state index in [0.29, 0.717) is 0 Å². The van der Waals surface area contributed by atoms with Crippen LogP contribution in [0.2, 0.25) is 0 Å². The summed E-state index contributed by atoms with van der Waals surface area (Å²) in [4.78, 5) is 16.5. The minimum atomic E-state index is -0.286. The first-order chi connectivity index (χ1) is 14.1. The molecule has 0 aliphatic heterocycles. The maximum Gasteiger partial charge on any atom is 0.295 e. The molecule has 0 saturated carbocycles. The van der Waals surface area contributed by atoms with Crippen molar-refractivity contribution in [2.45, 2.75) is 39.7 Å². The topological polar surface area (TPSA) is 71.8 Å². The Kier molecular flexibility index (Phi) is 7.53. The predicted octanol–water partition coefficient (Wildman–Crippen LogP) is 3.76. The molecule has 3 aromatic rings. The standard InChI is InChI=1S/C23H29N5O/c1-18-11-12-21(16-19(18)2)26-23(29)22-25-17-28(27-22)15-7-14-24-13-6-10-20-8-4-3-5-9-20/h3-5,8-9,11-12,16-17,24H,6-7,10,13-15H2,1-2H3,(H,26,29). The lowest BCUT2D eigenvalue weighted by atomic mass is 10.1. The molecular formula is C23H29N5O. The van der Waals surface area contributed by atoms with Crippen molar-refractivity contribution in [3.8, 4) is 0 Å². The molecule has 152 valence electrons. The third kappa shape index (κ3) is 6.54. The van der Waals surface area contributed by atoms with E-state index in [1.807, 2.05) is 38.1 Å².